The summed E-state index contributed by atoms with van der Waals surface area (Å²) in [6, 6.07) is 0. The van der Waals surface area contributed by atoms with Crippen LogP contribution in [0.2, 0.25) is 0 Å². The van der Waals surface area contributed by atoms with Gasteiger partial charge in [-0.05, 0) is 6.92 Å². The lowest BCUT2D eigenvalue weighted by atomic mass is 10.3. The number of ketones is 1. The Kier molecular flexibility index (Phi) is 7.29. The Morgan fingerprint density at radius 2 is 1.57 bits per heavy atom. The Morgan fingerprint density at radius 3 is 2.10 bits per heavy atom. The van der Waals surface area contributed by atoms with Gasteiger partial charge in [-0.1, -0.05) is 54.7 Å². The molecule has 1 aliphatic rings. The van der Waals surface area contributed by atoms with Crippen molar-refractivity contribution in [3.05, 3.63) is 72.2 Å². The quantitative estimate of drug-likeness (QED) is 0.582. The van der Waals surface area contributed by atoms with Crippen LogP contribution in [0, 0.1) is 0 Å². The molecule has 0 aromatic carbocycles. The number of carbonyl (C=O) groups excluding carboxylic acids is 2. The summed E-state index contributed by atoms with van der Waals surface area (Å²) < 4.78 is 0. The number of aliphatic hydroxyl groups is 1. The molecule has 110 valence electrons. The summed E-state index contributed by atoms with van der Waals surface area (Å²) in [7, 11) is 0. The number of amides is 1. The molecule has 0 bridgehead atoms. The summed E-state index contributed by atoms with van der Waals surface area (Å²) in [5.41, 5.74) is 0.0163. The van der Waals surface area contributed by atoms with Crippen LogP contribution in [0.1, 0.15) is 19.8 Å². The highest BCUT2D eigenvalue weighted by atomic mass is 16.3. The van der Waals surface area contributed by atoms with E-state index >= 15 is 0 Å². The maximum atomic E-state index is 11.5. The molecule has 0 heterocycles. The average Bonchev–Trinajstić information content (AvgIpc) is 2.77. The summed E-state index contributed by atoms with van der Waals surface area (Å²) in [6.45, 7) is 1.94. The maximum Gasteiger partial charge on any atom is 0.248 e. The van der Waals surface area contributed by atoms with E-state index in [1.807, 2.05) is 43.4 Å². The Labute approximate surface area is 124 Å². The van der Waals surface area contributed by atoms with Crippen LogP contribution >= 0.6 is 0 Å². The summed E-state index contributed by atoms with van der Waals surface area (Å²) >= 11 is 0. The highest BCUT2D eigenvalue weighted by molar-refractivity contribution is 6.03. The first kappa shape index (κ1) is 16.4. The molecule has 4 nitrogen and oxygen atoms in total. The minimum atomic E-state index is -0.437. The SMILES string of the molecule is C/C=C/C=C/C=C/C=C/C=C/C(=O)NC1=C(O)CCC1=O. The zero-order valence-electron chi connectivity index (χ0n) is 12.0. The lowest BCUT2D eigenvalue weighted by Gasteiger charge is -2.01. The zero-order chi connectivity index (χ0) is 15.5. The molecular formula is C17H19NO3. The molecule has 0 saturated carbocycles. The molecule has 4 heteroatoms. The topological polar surface area (TPSA) is 66.4 Å². The normalized spacial score (nSPS) is 16.7. The van der Waals surface area contributed by atoms with E-state index in [-0.39, 0.29) is 23.7 Å². The Bertz CT molecular complexity index is 561. The van der Waals surface area contributed by atoms with E-state index < -0.39 is 5.91 Å². The number of rotatable bonds is 6. The molecule has 0 aliphatic heterocycles. The second-order valence-electron chi connectivity index (χ2n) is 4.27. The van der Waals surface area contributed by atoms with Crippen molar-refractivity contribution >= 4 is 11.7 Å². The van der Waals surface area contributed by atoms with E-state index in [9.17, 15) is 14.7 Å². The number of nitrogens with one attached hydrogen (secondary N) is 1. The number of allylic oxidation sites excluding steroid dienone is 11. The molecule has 0 radical (unpaired) electrons. The number of carbonyl (C=O) groups is 2. The molecule has 1 amide bonds. The number of aliphatic hydroxyl groups excluding tert-OH is 1. The summed E-state index contributed by atoms with van der Waals surface area (Å²) in [5, 5.41) is 11.8. The van der Waals surface area contributed by atoms with Crippen LogP contribution in [0.3, 0.4) is 0 Å². The molecule has 21 heavy (non-hydrogen) atoms. The van der Waals surface area contributed by atoms with Crippen molar-refractivity contribution in [3.63, 3.8) is 0 Å². The predicted octanol–water partition coefficient (Wildman–Crippen LogP) is 3.04. The molecule has 0 atom stereocenters. The molecule has 1 rings (SSSR count). The van der Waals surface area contributed by atoms with E-state index in [2.05, 4.69) is 5.32 Å². The molecule has 1 aliphatic carbocycles. The van der Waals surface area contributed by atoms with E-state index in [1.54, 1.807) is 18.2 Å². The molecule has 0 fully saturated rings. The van der Waals surface area contributed by atoms with Crippen molar-refractivity contribution in [1.29, 1.82) is 0 Å². The third-order valence-corrected chi connectivity index (χ3v) is 2.62. The summed E-state index contributed by atoms with van der Waals surface area (Å²) in [6.07, 6.45) is 18.2. The van der Waals surface area contributed by atoms with Crippen LogP contribution in [-0.2, 0) is 9.59 Å². The van der Waals surface area contributed by atoms with Gasteiger partial charge in [-0.25, -0.2) is 0 Å². The average molecular weight is 285 g/mol. The van der Waals surface area contributed by atoms with Gasteiger partial charge in [-0.2, -0.15) is 0 Å². The molecule has 0 spiro atoms. The number of hydrogen-bond donors (Lipinski definition) is 2. The van der Waals surface area contributed by atoms with Crippen LogP contribution in [0.15, 0.2) is 72.2 Å². The molecule has 0 unspecified atom stereocenters. The van der Waals surface area contributed by atoms with Crippen LogP contribution in [0.4, 0.5) is 0 Å². The molecule has 0 aromatic heterocycles. The van der Waals surface area contributed by atoms with Crippen LogP contribution < -0.4 is 5.32 Å². The van der Waals surface area contributed by atoms with E-state index in [0.717, 1.165) is 0 Å². The van der Waals surface area contributed by atoms with Crippen molar-refractivity contribution in [2.24, 2.45) is 0 Å². The Hall–Kier alpha value is -2.62. The van der Waals surface area contributed by atoms with Gasteiger partial charge in [0.15, 0.2) is 5.78 Å². The van der Waals surface area contributed by atoms with Gasteiger partial charge in [-0.15, -0.1) is 0 Å². The first-order valence-electron chi connectivity index (χ1n) is 6.70. The maximum absolute atomic E-state index is 11.5. The summed E-state index contributed by atoms with van der Waals surface area (Å²) in [5.74, 6) is -0.720. The first-order valence-corrected chi connectivity index (χ1v) is 6.70. The standard InChI is InChI=1S/C17H19NO3/c1-2-3-4-5-6-7-8-9-10-11-16(21)18-17-14(19)12-13-15(17)20/h2-11,19H,12-13H2,1H3,(H,18,21)/b3-2+,5-4+,7-6+,9-8+,11-10+. The highest BCUT2D eigenvalue weighted by Crippen LogP contribution is 2.17. The Morgan fingerprint density at radius 1 is 1.00 bits per heavy atom. The largest absolute Gasteiger partial charge is 0.510 e. The minimum Gasteiger partial charge on any atom is -0.510 e. The lowest BCUT2D eigenvalue weighted by Crippen LogP contribution is -2.24. The predicted molar refractivity (Wildman–Crippen MR) is 83.4 cm³/mol. The first-order chi connectivity index (χ1) is 10.1. The van der Waals surface area contributed by atoms with Gasteiger partial charge in [0.1, 0.15) is 11.5 Å². The fourth-order valence-electron chi connectivity index (χ4n) is 1.59. The van der Waals surface area contributed by atoms with Gasteiger partial charge in [0.05, 0.1) is 0 Å². The third kappa shape index (κ3) is 6.38. The van der Waals surface area contributed by atoms with Crippen molar-refractivity contribution in [2.45, 2.75) is 19.8 Å². The smallest absolute Gasteiger partial charge is 0.248 e. The van der Waals surface area contributed by atoms with Crippen molar-refractivity contribution < 1.29 is 14.7 Å². The zero-order valence-corrected chi connectivity index (χ0v) is 12.0. The van der Waals surface area contributed by atoms with Crippen molar-refractivity contribution in [2.75, 3.05) is 0 Å². The lowest BCUT2D eigenvalue weighted by molar-refractivity contribution is -0.119. The van der Waals surface area contributed by atoms with Crippen LogP contribution in [0.5, 0.6) is 0 Å². The minimum absolute atomic E-state index is 0.0163. The van der Waals surface area contributed by atoms with Gasteiger partial charge in [0.2, 0.25) is 5.91 Å². The molecule has 0 saturated heterocycles. The van der Waals surface area contributed by atoms with Gasteiger partial charge >= 0.3 is 0 Å². The number of hydrogen-bond acceptors (Lipinski definition) is 3. The van der Waals surface area contributed by atoms with Crippen molar-refractivity contribution in [1.82, 2.24) is 5.32 Å². The Balaban J connectivity index is 2.38. The van der Waals surface area contributed by atoms with Gasteiger partial charge in [0.25, 0.3) is 0 Å². The summed E-state index contributed by atoms with van der Waals surface area (Å²) in [4.78, 5) is 22.9. The van der Waals surface area contributed by atoms with E-state index in [1.165, 1.54) is 6.08 Å². The van der Waals surface area contributed by atoms with Crippen LogP contribution in [0.25, 0.3) is 0 Å². The fourth-order valence-corrected chi connectivity index (χ4v) is 1.59. The van der Waals surface area contributed by atoms with Gasteiger partial charge < -0.3 is 10.4 Å². The van der Waals surface area contributed by atoms with Gasteiger partial charge in [0, 0.05) is 18.9 Å². The fraction of sp³-hybridized carbons (Fsp3) is 0.176. The van der Waals surface area contributed by atoms with Crippen molar-refractivity contribution in [3.8, 4) is 0 Å². The van der Waals surface area contributed by atoms with E-state index in [4.69, 9.17) is 0 Å². The monoisotopic (exact) mass is 285 g/mol. The van der Waals surface area contributed by atoms with Crippen LogP contribution in [-0.4, -0.2) is 16.8 Å². The van der Waals surface area contributed by atoms with E-state index in [0.29, 0.717) is 6.42 Å². The third-order valence-electron chi connectivity index (χ3n) is 2.62. The molecule has 0 aromatic rings. The molecule has 2 N–H and O–H groups in total. The second kappa shape index (κ2) is 9.31. The second-order valence-corrected chi connectivity index (χ2v) is 4.27. The van der Waals surface area contributed by atoms with Gasteiger partial charge in [-0.3, -0.25) is 9.59 Å². The highest BCUT2D eigenvalue weighted by Gasteiger charge is 2.23. The number of Topliss-reactive ketones (excluding diaryl/α,β-unsaturated/α-hetero) is 1. The molecular weight excluding hydrogens is 266 g/mol.